The summed E-state index contributed by atoms with van der Waals surface area (Å²) in [5.74, 6) is -0.213. The molecule has 0 aliphatic carbocycles. The molecule has 1 amide bonds. The lowest BCUT2D eigenvalue weighted by atomic mass is 10.2. The molecule has 4 rings (SSSR count). The predicted molar refractivity (Wildman–Crippen MR) is 156 cm³/mol. The van der Waals surface area contributed by atoms with E-state index in [2.05, 4.69) is 10.0 Å². The monoisotopic (exact) mass is 599 g/mol. The number of sulfonamides is 2. The van der Waals surface area contributed by atoms with Gasteiger partial charge in [0.25, 0.3) is 20.0 Å². The molecule has 9 nitrogen and oxygen atoms in total. The number of halogens is 1. The number of ether oxygens (including phenoxy) is 1. The van der Waals surface area contributed by atoms with E-state index in [-0.39, 0.29) is 21.2 Å². The molecule has 0 unspecified atom stereocenters. The largest absolute Gasteiger partial charge is 0.497 e. The third kappa shape index (κ3) is 6.56. The highest BCUT2D eigenvalue weighted by Crippen LogP contribution is 2.28. The second-order valence-electron chi connectivity index (χ2n) is 8.62. The van der Waals surface area contributed by atoms with Crippen LogP contribution in [0.1, 0.15) is 5.56 Å². The standard InChI is InChI=1S/C28H26ClN3O6S2/c1-20-26(29)12-7-13-27(20)31-39(34,35)24-16-14-21(15-17-24)30-28(33)19-32(22-8-6-9-23(18-22)38-2)40(36,37)25-10-4-3-5-11-25/h3-18,31H,19H2,1-2H3,(H,30,33). The van der Waals surface area contributed by atoms with Gasteiger partial charge in [0.2, 0.25) is 5.91 Å². The van der Waals surface area contributed by atoms with Crippen molar-refractivity contribution in [3.05, 3.63) is 108 Å². The molecule has 0 heterocycles. The Balaban J connectivity index is 1.54. The Morgan fingerprint density at radius 1 is 0.850 bits per heavy atom. The third-order valence-electron chi connectivity index (χ3n) is 5.92. The predicted octanol–water partition coefficient (Wildman–Crippen LogP) is 5.29. The van der Waals surface area contributed by atoms with Gasteiger partial charge >= 0.3 is 0 Å². The minimum Gasteiger partial charge on any atom is -0.497 e. The van der Waals surface area contributed by atoms with Crippen molar-refractivity contribution in [1.82, 2.24) is 0 Å². The van der Waals surface area contributed by atoms with Gasteiger partial charge < -0.3 is 10.1 Å². The van der Waals surface area contributed by atoms with Crippen LogP contribution >= 0.6 is 11.6 Å². The summed E-state index contributed by atoms with van der Waals surface area (Å²) in [4.78, 5) is 13.0. The van der Waals surface area contributed by atoms with E-state index in [4.69, 9.17) is 16.3 Å². The van der Waals surface area contributed by atoms with E-state index < -0.39 is 32.5 Å². The van der Waals surface area contributed by atoms with Gasteiger partial charge in [-0.05, 0) is 73.2 Å². The zero-order valence-electron chi connectivity index (χ0n) is 21.5. The summed E-state index contributed by atoms with van der Waals surface area (Å²) in [5, 5.41) is 3.06. The van der Waals surface area contributed by atoms with Crippen molar-refractivity contribution in [1.29, 1.82) is 0 Å². The number of anilines is 3. The van der Waals surface area contributed by atoms with E-state index in [1.165, 1.54) is 49.6 Å². The Hall–Kier alpha value is -4.06. The first-order valence-electron chi connectivity index (χ1n) is 11.9. The maximum absolute atomic E-state index is 13.5. The molecule has 4 aromatic carbocycles. The molecule has 0 spiro atoms. The Morgan fingerprint density at radius 2 is 1.52 bits per heavy atom. The average Bonchev–Trinajstić information content (AvgIpc) is 2.95. The van der Waals surface area contributed by atoms with Gasteiger partial charge in [0, 0.05) is 16.8 Å². The van der Waals surface area contributed by atoms with E-state index in [9.17, 15) is 21.6 Å². The van der Waals surface area contributed by atoms with Crippen LogP contribution in [-0.2, 0) is 24.8 Å². The minimum absolute atomic E-state index is 0.0163. The highest BCUT2D eigenvalue weighted by atomic mass is 35.5. The molecule has 40 heavy (non-hydrogen) atoms. The normalized spacial score (nSPS) is 11.5. The Morgan fingerprint density at radius 3 is 2.20 bits per heavy atom. The Bertz CT molecular complexity index is 1730. The van der Waals surface area contributed by atoms with Crippen LogP contribution in [0.2, 0.25) is 5.02 Å². The van der Waals surface area contributed by atoms with Gasteiger partial charge in [0.1, 0.15) is 12.3 Å². The average molecular weight is 600 g/mol. The third-order valence-corrected chi connectivity index (χ3v) is 9.50. The summed E-state index contributed by atoms with van der Waals surface area (Å²) in [6.07, 6.45) is 0. The number of benzene rings is 4. The maximum Gasteiger partial charge on any atom is 0.264 e. The Kier molecular flexibility index (Phi) is 8.67. The summed E-state index contributed by atoms with van der Waals surface area (Å²) in [7, 11) is -6.58. The van der Waals surface area contributed by atoms with Gasteiger partial charge in [-0.3, -0.25) is 13.8 Å². The van der Waals surface area contributed by atoms with Crippen LogP contribution < -0.4 is 19.1 Å². The van der Waals surface area contributed by atoms with Crippen LogP contribution in [0.3, 0.4) is 0 Å². The van der Waals surface area contributed by atoms with Gasteiger partial charge in [-0.2, -0.15) is 0 Å². The number of amides is 1. The molecule has 0 bridgehead atoms. The van der Waals surface area contributed by atoms with Crippen molar-refractivity contribution >= 4 is 54.6 Å². The van der Waals surface area contributed by atoms with E-state index in [0.717, 1.165) is 4.31 Å². The summed E-state index contributed by atoms with van der Waals surface area (Å²) < 4.78 is 61.5. The lowest BCUT2D eigenvalue weighted by molar-refractivity contribution is -0.114. The van der Waals surface area contributed by atoms with E-state index in [1.807, 2.05) is 0 Å². The molecule has 0 aliphatic rings. The fourth-order valence-corrected chi connectivity index (χ4v) is 6.50. The zero-order chi connectivity index (χ0) is 28.9. The molecule has 0 saturated heterocycles. The van der Waals surface area contributed by atoms with E-state index >= 15 is 0 Å². The van der Waals surface area contributed by atoms with Crippen molar-refractivity contribution in [2.24, 2.45) is 0 Å². The number of hydrogen-bond acceptors (Lipinski definition) is 6. The van der Waals surface area contributed by atoms with E-state index in [0.29, 0.717) is 22.0 Å². The quantitative estimate of drug-likeness (QED) is 0.255. The van der Waals surface area contributed by atoms with Crippen molar-refractivity contribution in [2.45, 2.75) is 16.7 Å². The van der Waals surface area contributed by atoms with Crippen molar-refractivity contribution < 1.29 is 26.4 Å². The van der Waals surface area contributed by atoms with Gasteiger partial charge in [-0.15, -0.1) is 0 Å². The highest BCUT2D eigenvalue weighted by Gasteiger charge is 2.27. The van der Waals surface area contributed by atoms with Crippen LogP contribution in [-0.4, -0.2) is 36.4 Å². The summed E-state index contributed by atoms with van der Waals surface area (Å²) >= 11 is 6.09. The minimum atomic E-state index is -4.11. The number of carbonyl (C=O) groups is 1. The summed E-state index contributed by atoms with van der Waals surface area (Å²) in [6, 6.07) is 24.5. The topological polar surface area (TPSA) is 122 Å². The van der Waals surface area contributed by atoms with Crippen molar-refractivity contribution in [2.75, 3.05) is 28.0 Å². The molecule has 12 heteroatoms. The number of carbonyl (C=O) groups excluding carboxylic acids is 1. The van der Waals surface area contributed by atoms with Crippen LogP contribution in [0.15, 0.2) is 107 Å². The lowest BCUT2D eigenvalue weighted by Crippen LogP contribution is -2.38. The fraction of sp³-hybridized carbons (Fsp3) is 0.107. The van der Waals surface area contributed by atoms with Crippen LogP contribution in [0.5, 0.6) is 5.75 Å². The van der Waals surface area contributed by atoms with Gasteiger partial charge in [0.05, 0.1) is 28.3 Å². The number of rotatable bonds is 10. The zero-order valence-corrected chi connectivity index (χ0v) is 23.9. The fourth-order valence-electron chi connectivity index (χ4n) is 3.77. The van der Waals surface area contributed by atoms with Crippen molar-refractivity contribution in [3.8, 4) is 5.75 Å². The van der Waals surface area contributed by atoms with E-state index in [1.54, 1.807) is 61.5 Å². The molecule has 0 fully saturated rings. The molecule has 0 radical (unpaired) electrons. The molecule has 0 aliphatic heterocycles. The lowest BCUT2D eigenvalue weighted by Gasteiger charge is -2.24. The number of nitrogens with one attached hydrogen (secondary N) is 2. The molecule has 4 aromatic rings. The smallest absolute Gasteiger partial charge is 0.264 e. The van der Waals surface area contributed by atoms with Gasteiger partial charge in [-0.1, -0.05) is 41.9 Å². The molecule has 0 aromatic heterocycles. The molecule has 208 valence electrons. The second kappa shape index (κ2) is 12.0. The highest BCUT2D eigenvalue weighted by molar-refractivity contribution is 7.93. The number of hydrogen-bond donors (Lipinski definition) is 2. The first kappa shape index (κ1) is 28.9. The molecular formula is C28H26ClN3O6S2. The molecular weight excluding hydrogens is 574 g/mol. The molecule has 0 atom stereocenters. The molecule has 0 saturated carbocycles. The van der Waals surface area contributed by atoms with Crippen LogP contribution in [0.25, 0.3) is 0 Å². The summed E-state index contributed by atoms with van der Waals surface area (Å²) in [5.41, 5.74) is 1.46. The second-order valence-corrected chi connectivity index (χ2v) is 12.6. The molecule has 2 N–H and O–H groups in total. The van der Waals surface area contributed by atoms with Gasteiger partial charge in [0.15, 0.2) is 0 Å². The Labute approximate surface area is 238 Å². The first-order chi connectivity index (χ1) is 19.0. The summed E-state index contributed by atoms with van der Waals surface area (Å²) in [6.45, 7) is 1.16. The van der Waals surface area contributed by atoms with Crippen LogP contribution in [0.4, 0.5) is 17.1 Å². The van der Waals surface area contributed by atoms with Crippen molar-refractivity contribution in [3.63, 3.8) is 0 Å². The number of nitrogens with zero attached hydrogens (tertiary/aromatic N) is 1. The maximum atomic E-state index is 13.5. The first-order valence-corrected chi connectivity index (χ1v) is 15.2. The SMILES string of the molecule is COc1cccc(N(CC(=O)Nc2ccc(S(=O)(=O)Nc3cccc(Cl)c3C)cc2)S(=O)(=O)c2ccccc2)c1. The van der Waals surface area contributed by atoms with Gasteiger partial charge in [-0.25, -0.2) is 16.8 Å². The van der Waals surface area contributed by atoms with Crippen LogP contribution in [0, 0.1) is 6.92 Å². The number of methoxy groups -OCH3 is 1.